The molecular weight excluding hydrogens is 192 g/mol. The molecule has 4 heteroatoms. The van der Waals surface area contributed by atoms with Gasteiger partial charge >= 0.3 is 0 Å². The molecule has 1 rings (SSSR count). The van der Waals surface area contributed by atoms with Crippen LogP contribution in [0.25, 0.3) is 0 Å². The van der Waals surface area contributed by atoms with Crippen molar-refractivity contribution < 1.29 is 9.84 Å². The number of amidine groups is 1. The molecule has 0 aromatic heterocycles. The van der Waals surface area contributed by atoms with Crippen LogP contribution in [0.1, 0.15) is 18.4 Å². The van der Waals surface area contributed by atoms with Crippen LogP contribution in [0, 0.1) is 5.41 Å². The van der Waals surface area contributed by atoms with Crippen LogP contribution < -0.4 is 10.5 Å². The second-order valence-electron chi connectivity index (χ2n) is 3.24. The fraction of sp³-hybridized carbons (Fsp3) is 0.364. The summed E-state index contributed by atoms with van der Waals surface area (Å²) in [6.45, 7) is 0.486. The molecule has 0 spiro atoms. The Labute approximate surface area is 89.2 Å². The van der Waals surface area contributed by atoms with E-state index in [9.17, 15) is 0 Å². The van der Waals surface area contributed by atoms with Gasteiger partial charge in [0, 0.05) is 12.0 Å². The van der Waals surface area contributed by atoms with Gasteiger partial charge in [0.05, 0.1) is 19.0 Å². The third-order valence-corrected chi connectivity index (χ3v) is 1.99. The van der Waals surface area contributed by atoms with Crippen LogP contribution in [-0.4, -0.2) is 17.5 Å². The first-order chi connectivity index (χ1) is 7.24. The lowest BCUT2D eigenvalue weighted by atomic mass is 10.2. The van der Waals surface area contributed by atoms with Crippen molar-refractivity contribution in [3.8, 4) is 5.75 Å². The molecule has 0 aliphatic heterocycles. The standard InChI is InChI=1S/C11H16N2O2/c12-11(13)6-3-7-15-10-5-2-1-4-9(10)8-14/h1-2,4-5,14H,3,6-8H2,(H3,12,13). The van der Waals surface area contributed by atoms with E-state index in [4.69, 9.17) is 21.0 Å². The summed E-state index contributed by atoms with van der Waals surface area (Å²) >= 11 is 0. The van der Waals surface area contributed by atoms with Gasteiger partial charge in [-0.3, -0.25) is 5.41 Å². The van der Waals surface area contributed by atoms with Crippen LogP contribution in [0.15, 0.2) is 24.3 Å². The summed E-state index contributed by atoms with van der Waals surface area (Å²) in [5.41, 5.74) is 5.99. The Bertz CT molecular complexity index is 326. The van der Waals surface area contributed by atoms with Crippen molar-refractivity contribution in [1.29, 1.82) is 5.41 Å². The van der Waals surface area contributed by atoms with Gasteiger partial charge in [0.25, 0.3) is 0 Å². The van der Waals surface area contributed by atoms with Gasteiger partial charge in [-0.1, -0.05) is 18.2 Å². The van der Waals surface area contributed by atoms with E-state index >= 15 is 0 Å². The molecule has 0 aliphatic carbocycles. The minimum Gasteiger partial charge on any atom is -0.493 e. The van der Waals surface area contributed by atoms with Gasteiger partial charge in [0.15, 0.2) is 0 Å². The van der Waals surface area contributed by atoms with Crippen molar-refractivity contribution in [2.24, 2.45) is 5.73 Å². The van der Waals surface area contributed by atoms with Crippen molar-refractivity contribution in [2.75, 3.05) is 6.61 Å². The quantitative estimate of drug-likeness (QED) is 0.374. The van der Waals surface area contributed by atoms with Gasteiger partial charge in [-0.2, -0.15) is 0 Å². The highest BCUT2D eigenvalue weighted by Gasteiger charge is 2.00. The lowest BCUT2D eigenvalue weighted by Crippen LogP contribution is -2.11. The number of benzene rings is 1. The van der Waals surface area contributed by atoms with Crippen LogP contribution in [0.5, 0.6) is 5.75 Å². The van der Waals surface area contributed by atoms with Crippen molar-refractivity contribution >= 4 is 5.84 Å². The van der Waals surface area contributed by atoms with Crippen LogP contribution >= 0.6 is 0 Å². The number of aliphatic hydroxyl groups excluding tert-OH is 1. The third-order valence-electron chi connectivity index (χ3n) is 1.99. The van der Waals surface area contributed by atoms with Crippen LogP contribution in [-0.2, 0) is 6.61 Å². The Kier molecular flexibility index (Phi) is 4.63. The smallest absolute Gasteiger partial charge is 0.124 e. The average Bonchev–Trinajstić information content (AvgIpc) is 2.24. The third kappa shape index (κ3) is 3.99. The number of nitrogens with two attached hydrogens (primary N) is 1. The maximum absolute atomic E-state index is 9.03. The molecule has 82 valence electrons. The minimum absolute atomic E-state index is 0.0249. The molecule has 15 heavy (non-hydrogen) atoms. The van der Waals surface area contributed by atoms with Crippen LogP contribution in [0.4, 0.5) is 0 Å². The molecule has 0 amide bonds. The van der Waals surface area contributed by atoms with Crippen molar-refractivity contribution in [1.82, 2.24) is 0 Å². The lowest BCUT2D eigenvalue weighted by molar-refractivity contribution is 0.262. The van der Waals surface area contributed by atoms with Gasteiger partial charge in [0.1, 0.15) is 5.75 Å². The van der Waals surface area contributed by atoms with E-state index in [1.54, 1.807) is 0 Å². The van der Waals surface area contributed by atoms with E-state index in [1.165, 1.54) is 0 Å². The minimum atomic E-state index is -0.0249. The number of hydrogen-bond donors (Lipinski definition) is 3. The van der Waals surface area contributed by atoms with Gasteiger partial charge < -0.3 is 15.6 Å². The van der Waals surface area contributed by atoms with E-state index < -0.39 is 0 Å². The Balaban J connectivity index is 2.39. The van der Waals surface area contributed by atoms with E-state index in [-0.39, 0.29) is 12.4 Å². The number of hydrogen-bond acceptors (Lipinski definition) is 3. The molecule has 0 aliphatic rings. The summed E-state index contributed by atoms with van der Waals surface area (Å²) in [5.74, 6) is 0.873. The molecule has 0 heterocycles. The SMILES string of the molecule is N=C(N)CCCOc1ccccc1CO. The van der Waals surface area contributed by atoms with Gasteiger partial charge in [0.2, 0.25) is 0 Å². The van der Waals surface area contributed by atoms with E-state index in [0.29, 0.717) is 18.8 Å². The Hall–Kier alpha value is -1.55. The summed E-state index contributed by atoms with van der Waals surface area (Å²) < 4.78 is 5.47. The molecule has 0 bridgehead atoms. The fourth-order valence-corrected chi connectivity index (χ4v) is 1.22. The summed E-state index contributed by atoms with van der Waals surface area (Å²) in [7, 11) is 0. The Morgan fingerprint density at radius 1 is 1.40 bits per heavy atom. The molecule has 0 radical (unpaired) electrons. The Morgan fingerprint density at radius 3 is 2.80 bits per heavy atom. The molecule has 1 aromatic carbocycles. The molecule has 0 saturated carbocycles. The molecule has 4 nitrogen and oxygen atoms in total. The predicted molar refractivity (Wildman–Crippen MR) is 59.0 cm³/mol. The molecule has 0 saturated heterocycles. The average molecular weight is 208 g/mol. The van der Waals surface area contributed by atoms with Crippen molar-refractivity contribution in [3.05, 3.63) is 29.8 Å². The summed E-state index contributed by atoms with van der Waals surface area (Å²) in [6.07, 6.45) is 1.26. The van der Waals surface area contributed by atoms with Gasteiger partial charge in [-0.25, -0.2) is 0 Å². The topological polar surface area (TPSA) is 79.3 Å². The second-order valence-corrected chi connectivity index (χ2v) is 3.24. The van der Waals surface area contributed by atoms with Crippen LogP contribution in [0.2, 0.25) is 0 Å². The number of nitrogens with one attached hydrogen (secondary N) is 1. The molecule has 1 aromatic rings. The Morgan fingerprint density at radius 2 is 2.13 bits per heavy atom. The number of ether oxygens (including phenoxy) is 1. The first-order valence-electron chi connectivity index (χ1n) is 4.88. The second kappa shape index (κ2) is 6.03. The number of para-hydroxylation sites is 1. The summed E-state index contributed by atoms with van der Waals surface area (Å²) in [6, 6.07) is 7.35. The largest absolute Gasteiger partial charge is 0.493 e. The van der Waals surface area contributed by atoms with Crippen LogP contribution in [0.3, 0.4) is 0 Å². The molecule has 4 N–H and O–H groups in total. The maximum atomic E-state index is 9.03. The monoisotopic (exact) mass is 208 g/mol. The summed E-state index contributed by atoms with van der Waals surface area (Å²) in [5, 5.41) is 16.1. The van der Waals surface area contributed by atoms with E-state index in [0.717, 1.165) is 12.0 Å². The zero-order valence-corrected chi connectivity index (χ0v) is 8.57. The first-order valence-corrected chi connectivity index (χ1v) is 4.88. The van der Waals surface area contributed by atoms with Gasteiger partial charge in [-0.15, -0.1) is 0 Å². The molecule has 0 fully saturated rings. The number of rotatable bonds is 6. The maximum Gasteiger partial charge on any atom is 0.124 e. The zero-order chi connectivity index (χ0) is 11.1. The van der Waals surface area contributed by atoms with E-state index in [1.807, 2.05) is 24.3 Å². The number of aliphatic hydroxyl groups is 1. The molecule has 0 atom stereocenters. The highest BCUT2D eigenvalue weighted by molar-refractivity contribution is 5.76. The predicted octanol–water partition coefficient (Wildman–Crippen LogP) is 1.27. The van der Waals surface area contributed by atoms with Crippen molar-refractivity contribution in [3.63, 3.8) is 0 Å². The normalized spacial score (nSPS) is 9.93. The molecule has 0 unspecified atom stereocenters. The summed E-state index contributed by atoms with van der Waals surface area (Å²) in [4.78, 5) is 0. The lowest BCUT2D eigenvalue weighted by Gasteiger charge is -2.09. The fourth-order valence-electron chi connectivity index (χ4n) is 1.22. The van der Waals surface area contributed by atoms with Gasteiger partial charge in [-0.05, 0) is 12.5 Å². The first kappa shape index (κ1) is 11.5. The highest BCUT2D eigenvalue weighted by Crippen LogP contribution is 2.17. The zero-order valence-electron chi connectivity index (χ0n) is 8.57. The van der Waals surface area contributed by atoms with E-state index in [2.05, 4.69) is 0 Å². The molecular formula is C11H16N2O2. The highest BCUT2D eigenvalue weighted by atomic mass is 16.5. The van der Waals surface area contributed by atoms with Crippen molar-refractivity contribution in [2.45, 2.75) is 19.4 Å².